The molecule has 1 aliphatic carbocycles. The normalized spacial score (nSPS) is 19.5. The number of ketones is 2. The summed E-state index contributed by atoms with van der Waals surface area (Å²) in [7, 11) is 1.50. The molecular weight excluding hydrogens is 440 g/mol. The minimum absolute atomic E-state index is 0.0337. The summed E-state index contributed by atoms with van der Waals surface area (Å²) in [5.74, 6) is 6.40. The van der Waals surface area contributed by atoms with Gasteiger partial charge in [-0.15, -0.1) is 5.92 Å². The molecule has 0 aromatic heterocycles. The number of carbonyl (C=O) groups excluding carboxylic acids is 2. The number of methoxy groups -OCH3 is 1. The van der Waals surface area contributed by atoms with Gasteiger partial charge in [0.2, 0.25) is 0 Å². The first kappa shape index (κ1) is 26.5. The molecule has 0 spiro atoms. The number of aliphatic hydroxyl groups excluding tert-OH is 1. The molecule has 35 heavy (non-hydrogen) atoms. The molecule has 3 atom stereocenters. The van der Waals surface area contributed by atoms with Crippen molar-refractivity contribution in [3.05, 3.63) is 59.2 Å². The van der Waals surface area contributed by atoms with Crippen LogP contribution in [0.1, 0.15) is 74.5 Å². The summed E-state index contributed by atoms with van der Waals surface area (Å²) in [5.41, 5.74) is 2.72. The zero-order valence-electron chi connectivity index (χ0n) is 20.8. The molecule has 0 fully saturated rings. The van der Waals surface area contributed by atoms with Crippen LogP contribution in [0.25, 0.3) is 0 Å². The van der Waals surface area contributed by atoms with Crippen molar-refractivity contribution in [1.82, 2.24) is 0 Å². The van der Waals surface area contributed by atoms with E-state index in [-0.39, 0.29) is 54.5 Å². The number of aliphatic hydroxyl groups is 1. The number of hydrogen-bond acceptors (Lipinski definition) is 5. The number of ether oxygens (including phenoxy) is 1. The number of hydrogen-bond donors (Lipinski definition) is 2. The molecule has 0 radical (unpaired) electrons. The second kappa shape index (κ2) is 13.1. The first-order valence-corrected chi connectivity index (χ1v) is 12.5. The van der Waals surface area contributed by atoms with Gasteiger partial charge in [-0.25, -0.2) is 0 Å². The van der Waals surface area contributed by atoms with Crippen LogP contribution in [0.3, 0.4) is 0 Å². The fraction of sp³-hybridized carbons (Fsp3) is 0.467. The quantitative estimate of drug-likeness (QED) is 0.404. The van der Waals surface area contributed by atoms with Crippen molar-refractivity contribution in [1.29, 1.82) is 0 Å². The lowest BCUT2D eigenvalue weighted by Gasteiger charge is -2.20. The van der Waals surface area contributed by atoms with E-state index in [9.17, 15) is 19.8 Å². The van der Waals surface area contributed by atoms with Crippen molar-refractivity contribution in [3.8, 4) is 23.3 Å². The largest absolute Gasteiger partial charge is 0.504 e. The lowest BCUT2D eigenvalue weighted by molar-refractivity contribution is -0.129. The Balaban J connectivity index is 2.00. The van der Waals surface area contributed by atoms with Crippen molar-refractivity contribution < 1.29 is 24.5 Å². The van der Waals surface area contributed by atoms with E-state index in [0.29, 0.717) is 25.0 Å². The molecule has 0 bridgehead atoms. The summed E-state index contributed by atoms with van der Waals surface area (Å²) >= 11 is 0. The van der Waals surface area contributed by atoms with Crippen LogP contribution < -0.4 is 4.74 Å². The summed E-state index contributed by atoms with van der Waals surface area (Å²) in [6.07, 6.45) is 4.24. The minimum Gasteiger partial charge on any atom is -0.504 e. The van der Waals surface area contributed by atoms with Gasteiger partial charge in [0, 0.05) is 25.4 Å². The second-order valence-corrected chi connectivity index (χ2v) is 9.39. The van der Waals surface area contributed by atoms with Crippen molar-refractivity contribution in [2.75, 3.05) is 13.7 Å². The van der Waals surface area contributed by atoms with Crippen LogP contribution in [0, 0.1) is 23.7 Å². The van der Waals surface area contributed by atoms with Crippen LogP contribution >= 0.6 is 0 Å². The Labute approximate surface area is 208 Å². The molecular formula is C30H36O5. The first-order chi connectivity index (χ1) is 17.0. The van der Waals surface area contributed by atoms with Crippen LogP contribution in [-0.4, -0.2) is 35.5 Å². The van der Waals surface area contributed by atoms with Gasteiger partial charge in [0.25, 0.3) is 0 Å². The van der Waals surface area contributed by atoms with E-state index in [0.717, 1.165) is 36.0 Å². The lowest BCUT2D eigenvalue weighted by atomic mass is 9.83. The molecule has 186 valence electrons. The molecule has 0 amide bonds. The Morgan fingerprint density at radius 2 is 1.89 bits per heavy atom. The summed E-state index contributed by atoms with van der Waals surface area (Å²) in [5, 5.41) is 20.2. The average molecular weight is 477 g/mol. The highest BCUT2D eigenvalue weighted by molar-refractivity contribution is 6.00. The standard InChI is InChI=1S/C30H36O5/c1-3-8-21(20-31)13-14-23-11-7-12-26(22-9-5-4-6-10-22)27-19-29(34)30(35-2)17-24(27)15-16-25(32)18-28(23)33/h4-6,9-10,17,19,21,23,26,31,34H,3,8,11,13-16,18,20H2,1-2H3/t21-,23+,26-/m0/s1. The van der Waals surface area contributed by atoms with E-state index < -0.39 is 0 Å². The molecule has 3 rings (SSSR count). The maximum absolute atomic E-state index is 13.0. The van der Waals surface area contributed by atoms with Crippen molar-refractivity contribution in [2.45, 2.75) is 64.2 Å². The summed E-state index contributed by atoms with van der Waals surface area (Å²) in [6.45, 7) is 2.20. The Bertz CT molecular complexity index is 1060. The van der Waals surface area contributed by atoms with Gasteiger partial charge in [-0.1, -0.05) is 49.6 Å². The number of Topliss-reactive ketones (excluding diaryl/α,β-unsaturated/α-hetero) is 2. The Morgan fingerprint density at radius 3 is 2.57 bits per heavy atom. The Kier molecular flexibility index (Phi) is 9.93. The number of aryl methyl sites for hydroxylation is 1. The number of fused-ring (bicyclic) bond motifs is 1. The van der Waals surface area contributed by atoms with E-state index >= 15 is 0 Å². The van der Waals surface area contributed by atoms with Crippen LogP contribution in [-0.2, 0) is 16.0 Å². The average Bonchev–Trinajstić information content (AvgIpc) is 2.86. The van der Waals surface area contributed by atoms with Gasteiger partial charge in [-0.2, -0.15) is 0 Å². The Hall–Kier alpha value is -3.10. The number of benzene rings is 2. The minimum atomic E-state index is -0.322. The zero-order valence-corrected chi connectivity index (χ0v) is 20.8. The van der Waals surface area contributed by atoms with Gasteiger partial charge >= 0.3 is 0 Å². The van der Waals surface area contributed by atoms with Gasteiger partial charge in [0.05, 0.1) is 19.4 Å². The topological polar surface area (TPSA) is 83.8 Å². The first-order valence-electron chi connectivity index (χ1n) is 12.5. The highest BCUT2D eigenvalue weighted by atomic mass is 16.5. The molecule has 0 unspecified atom stereocenters. The van der Waals surface area contributed by atoms with E-state index in [4.69, 9.17) is 4.74 Å². The number of carbonyl (C=O) groups is 2. The third-order valence-electron chi connectivity index (χ3n) is 6.86. The fourth-order valence-electron chi connectivity index (χ4n) is 4.80. The predicted molar refractivity (Wildman–Crippen MR) is 136 cm³/mol. The fourth-order valence-corrected chi connectivity index (χ4v) is 4.80. The molecule has 5 nitrogen and oxygen atoms in total. The summed E-state index contributed by atoms with van der Waals surface area (Å²) in [4.78, 5) is 25.8. The number of aromatic hydroxyl groups is 1. The smallest absolute Gasteiger partial charge is 0.160 e. The predicted octanol–water partition coefficient (Wildman–Crippen LogP) is 5.21. The van der Waals surface area contributed by atoms with Crippen molar-refractivity contribution >= 4 is 11.6 Å². The third kappa shape index (κ3) is 7.19. The van der Waals surface area contributed by atoms with Gasteiger partial charge in [0.15, 0.2) is 11.5 Å². The van der Waals surface area contributed by atoms with Crippen LogP contribution in [0.15, 0.2) is 42.5 Å². The lowest BCUT2D eigenvalue weighted by Crippen LogP contribution is -2.20. The number of phenols is 1. The zero-order chi connectivity index (χ0) is 25.2. The molecule has 0 saturated heterocycles. The molecule has 2 aromatic rings. The van der Waals surface area contributed by atoms with Crippen LogP contribution in [0.4, 0.5) is 0 Å². The molecule has 0 aliphatic heterocycles. The molecule has 5 heteroatoms. The maximum atomic E-state index is 13.0. The van der Waals surface area contributed by atoms with Gasteiger partial charge in [-0.05, 0) is 60.4 Å². The SMILES string of the molecule is CCC[C@H](CO)CC[C@H]1CC#C[C@@H](c2ccccc2)c2cc(O)c(OC)cc2CCC(=O)CC1=O. The second-order valence-electron chi connectivity index (χ2n) is 9.39. The highest BCUT2D eigenvalue weighted by Crippen LogP contribution is 2.36. The molecule has 0 saturated carbocycles. The van der Waals surface area contributed by atoms with Crippen LogP contribution in [0.5, 0.6) is 11.5 Å². The Morgan fingerprint density at radius 1 is 1.11 bits per heavy atom. The van der Waals surface area contributed by atoms with Crippen molar-refractivity contribution in [3.63, 3.8) is 0 Å². The van der Waals surface area contributed by atoms with E-state index in [1.807, 2.05) is 30.3 Å². The van der Waals surface area contributed by atoms with E-state index in [1.165, 1.54) is 7.11 Å². The summed E-state index contributed by atoms with van der Waals surface area (Å²) < 4.78 is 5.31. The van der Waals surface area contributed by atoms with Gasteiger partial charge < -0.3 is 14.9 Å². The van der Waals surface area contributed by atoms with Crippen LogP contribution in [0.2, 0.25) is 0 Å². The van der Waals surface area contributed by atoms with Gasteiger partial charge in [-0.3, -0.25) is 9.59 Å². The molecule has 2 N–H and O–H groups in total. The monoisotopic (exact) mass is 476 g/mol. The maximum Gasteiger partial charge on any atom is 0.160 e. The molecule has 2 aromatic carbocycles. The van der Waals surface area contributed by atoms with Gasteiger partial charge in [0.1, 0.15) is 11.6 Å². The van der Waals surface area contributed by atoms with Crippen molar-refractivity contribution in [2.24, 2.45) is 11.8 Å². The molecule has 0 heterocycles. The van der Waals surface area contributed by atoms with E-state index in [1.54, 1.807) is 12.1 Å². The number of rotatable bonds is 8. The highest BCUT2D eigenvalue weighted by Gasteiger charge is 2.24. The summed E-state index contributed by atoms with van der Waals surface area (Å²) in [6, 6.07) is 13.3. The third-order valence-corrected chi connectivity index (χ3v) is 6.86. The van der Waals surface area contributed by atoms with E-state index in [2.05, 4.69) is 18.8 Å². The molecule has 1 aliphatic rings. The number of phenolic OH excluding ortho intramolecular Hbond substituents is 1.